The molecule has 0 amide bonds. The van der Waals surface area contributed by atoms with Gasteiger partial charge in [0, 0.05) is 0 Å². The van der Waals surface area contributed by atoms with Gasteiger partial charge in [-0.15, -0.1) is 6.58 Å². The lowest BCUT2D eigenvalue weighted by atomic mass is 9.99. The van der Waals surface area contributed by atoms with Crippen LogP contribution in [0, 0.1) is 0 Å². The van der Waals surface area contributed by atoms with E-state index in [2.05, 4.69) is 32.9 Å². The average Bonchev–Trinajstić information content (AvgIpc) is 2.88. The molecule has 0 saturated heterocycles. The first-order valence-corrected chi connectivity index (χ1v) is 7.17. The molecular weight excluding hydrogens is 310 g/mol. The van der Waals surface area contributed by atoms with Gasteiger partial charge in [-0.2, -0.15) is 5.10 Å². The van der Waals surface area contributed by atoms with E-state index in [1.165, 1.54) is 4.68 Å². The predicted octanol–water partition coefficient (Wildman–Crippen LogP) is 1.91. The van der Waals surface area contributed by atoms with Gasteiger partial charge < -0.3 is 10.4 Å². The second-order valence-electron chi connectivity index (χ2n) is 4.92. The van der Waals surface area contributed by atoms with Gasteiger partial charge in [-0.25, -0.2) is 4.68 Å². The van der Waals surface area contributed by atoms with Crippen molar-refractivity contribution >= 4 is 21.6 Å². The lowest BCUT2D eigenvalue weighted by Gasteiger charge is -2.29. The molecular formula is C13H18BrN3O2. The van der Waals surface area contributed by atoms with Crippen LogP contribution in [0.5, 0.6) is 0 Å². The lowest BCUT2D eigenvalue weighted by Crippen LogP contribution is -2.40. The number of hydrogen-bond acceptors (Lipinski definition) is 4. The monoisotopic (exact) mass is 327 g/mol. The van der Waals surface area contributed by atoms with Crippen molar-refractivity contribution in [2.75, 3.05) is 11.9 Å². The molecule has 104 valence electrons. The van der Waals surface area contributed by atoms with E-state index < -0.39 is 0 Å². The Bertz CT molecular complexity index is 521. The summed E-state index contributed by atoms with van der Waals surface area (Å²) >= 11 is 3.31. The summed E-state index contributed by atoms with van der Waals surface area (Å²) in [5.74, 6) is 0. The maximum Gasteiger partial charge on any atom is 0.283 e. The van der Waals surface area contributed by atoms with Gasteiger partial charge in [0.1, 0.15) is 4.47 Å². The zero-order chi connectivity index (χ0) is 13.9. The Hall–Kier alpha value is -1.14. The van der Waals surface area contributed by atoms with E-state index in [0.29, 0.717) is 16.7 Å². The number of aromatic nitrogens is 2. The van der Waals surface area contributed by atoms with Crippen LogP contribution < -0.4 is 10.9 Å². The van der Waals surface area contributed by atoms with Crippen LogP contribution in [0.2, 0.25) is 0 Å². The first kappa shape index (κ1) is 14.3. The molecule has 1 aromatic heterocycles. The molecule has 0 atom stereocenters. The van der Waals surface area contributed by atoms with Gasteiger partial charge in [-0.1, -0.05) is 18.9 Å². The van der Waals surface area contributed by atoms with Gasteiger partial charge in [-0.05, 0) is 28.8 Å². The molecule has 0 unspecified atom stereocenters. The normalized spacial score (nSPS) is 17.4. The number of nitrogens with zero attached hydrogens (tertiary/aromatic N) is 2. The summed E-state index contributed by atoms with van der Waals surface area (Å²) in [6.07, 6.45) is 7.24. The maximum absolute atomic E-state index is 12.0. The Kier molecular flexibility index (Phi) is 4.42. The van der Waals surface area contributed by atoms with Crippen molar-refractivity contribution in [3.05, 3.63) is 33.7 Å². The summed E-state index contributed by atoms with van der Waals surface area (Å²) in [6, 6.07) is 0. The molecule has 1 aliphatic carbocycles. The number of rotatable bonds is 5. The third-order valence-electron chi connectivity index (χ3n) is 3.55. The molecule has 1 heterocycles. The van der Waals surface area contributed by atoms with Crippen LogP contribution >= 0.6 is 15.9 Å². The summed E-state index contributed by atoms with van der Waals surface area (Å²) < 4.78 is 1.78. The Morgan fingerprint density at radius 2 is 2.26 bits per heavy atom. The summed E-state index contributed by atoms with van der Waals surface area (Å²) in [5, 5.41) is 17.0. The fourth-order valence-electron chi connectivity index (χ4n) is 2.46. The minimum Gasteiger partial charge on any atom is -0.394 e. The van der Waals surface area contributed by atoms with Crippen LogP contribution in [0.15, 0.2) is 28.1 Å². The number of hydrogen-bond donors (Lipinski definition) is 2. The number of nitrogens with one attached hydrogen (secondary N) is 1. The molecule has 5 nitrogen and oxygen atoms in total. The smallest absolute Gasteiger partial charge is 0.283 e. The van der Waals surface area contributed by atoms with E-state index in [4.69, 9.17) is 0 Å². The third kappa shape index (κ3) is 2.90. The van der Waals surface area contributed by atoms with Crippen LogP contribution in [0.4, 0.5) is 5.69 Å². The standard InChI is InChI=1S/C13H18BrN3O2/c1-2-7-17-12(19)11(14)10(8-15-17)16-13(9-18)5-3-4-6-13/h2,8,16,18H,1,3-7,9H2. The fraction of sp³-hybridized carbons (Fsp3) is 0.538. The summed E-state index contributed by atoms with van der Waals surface area (Å²) in [5.41, 5.74) is 0.124. The second-order valence-corrected chi connectivity index (χ2v) is 5.71. The van der Waals surface area contributed by atoms with Gasteiger partial charge >= 0.3 is 0 Å². The van der Waals surface area contributed by atoms with Gasteiger partial charge in [0.05, 0.1) is 30.6 Å². The van der Waals surface area contributed by atoms with E-state index in [1.54, 1.807) is 12.3 Å². The summed E-state index contributed by atoms with van der Waals surface area (Å²) in [6.45, 7) is 4.04. The first-order valence-electron chi connectivity index (χ1n) is 6.37. The molecule has 1 aliphatic rings. The molecule has 0 radical (unpaired) electrons. The molecule has 19 heavy (non-hydrogen) atoms. The number of allylic oxidation sites excluding steroid dienone is 1. The minimum absolute atomic E-state index is 0.0647. The maximum atomic E-state index is 12.0. The molecule has 0 bridgehead atoms. The number of halogens is 1. The molecule has 0 aliphatic heterocycles. The van der Waals surface area contributed by atoms with Crippen molar-refractivity contribution in [1.82, 2.24) is 9.78 Å². The van der Waals surface area contributed by atoms with E-state index in [1.807, 2.05) is 0 Å². The fourth-order valence-corrected chi connectivity index (χ4v) is 2.87. The van der Waals surface area contributed by atoms with Crippen LogP contribution in [0.25, 0.3) is 0 Å². The van der Waals surface area contributed by atoms with Gasteiger partial charge in [-0.3, -0.25) is 4.79 Å². The lowest BCUT2D eigenvalue weighted by molar-refractivity contribution is 0.214. The Balaban J connectivity index is 2.28. The van der Waals surface area contributed by atoms with Crippen LogP contribution in [0.3, 0.4) is 0 Å². The van der Waals surface area contributed by atoms with E-state index in [9.17, 15) is 9.90 Å². The quantitative estimate of drug-likeness (QED) is 0.811. The Morgan fingerprint density at radius 1 is 1.58 bits per heavy atom. The second kappa shape index (κ2) is 5.88. The molecule has 1 aromatic rings. The van der Waals surface area contributed by atoms with E-state index in [-0.39, 0.29) is 17.7 Å². The highest BCUT2D eigenvalue weighted by molar-refractivity contribution is 9.10. The first-order chi connectivity index (χ1) is 9.12. The van der Waals surface area contributed by atoms with Crippen LogP contribution in [-0.4, -0.2) is 27.0 Å². The van der Waals surface area contributed by atoms with Crippen molar-refractivity contribution in [2.45, 2.75) is 37.8 Å². The molecule has 0 spiro atoms. The van der Waals surface area contributed by atoms with Gasteiger partial charge in [0.2, 0.25) is 0 Å². The summed E-state index contributed by atoms with van der Waals surface area (Å²) in [7, 11) is 0. The van der Waals surface area contributed by atoms with Crippen LogP contribution in [-0.2, 0) is 6.54 Å². The predicted molar refractivity (Wildman–Crippen MR) is 78.3 cm³/mol. The molecule has 0 aromatic carbocycles. The van der Waals surface area contributed by atoms with Crippen molar-refractivity contribution in [3.63, 3.8) is 0 Å². The minimum atomic E-state index is -0.318. The molecule has 2 rings (SSSR count). The third-order valence-corrected chi connectivity index (χ3v) is 4.32. The Labute approximate surface area is 120 Å². The van der Waals surface area contributed by atoms with Crippen LogP contribution in [0.1, 0.15) is 25.7 Å². The van der Waals surface area contributed by atoms with Crippen molar-refractivity contribution < 1.29 is 5.11 Å². The highest BCUT2D eigenvalue weighted by Gasteiger charge is 2.33. The van der Waals surface area contributed by atoms with E-state index in [0.717, 1.165) is 25.7 Å². The zero-order valence-electron chi connectivity index (χ0n) is 10.7. The highest BCUT2D eigenvalue weighted by atomic mass is 79.9. The van der Waals surface area contributed by atoms with Gasteiger partial charge in [0.25, 0.3) is 5.56 Å². The Morgan fingerprint density at radius 3 is 2.84 bits per heavy atom. The van der Waals surface area contributed by atoms with E-state index >= 15 is 0 Å². The number of aliphatic hydroxyl groups excluding tert-OH is 1. The molecule has 2 N–H and O–H groups in total. The summed E-state index contributed by atoms with van der Waals surface area (Å²) in [4.78, 5) is 12.0. The molecule has 6 heteroatoms. The van der Waals surface area contributed by atoms with Crippen molar-refractivity contribution in [2.24, 2.45) is 0 Å². The van der Waals surface area contributed by atoms with Gasteiger partial charge in [0.15, 0.2) is 0 Å². The molecule has 1 fully saturated rings. The molecule has 1 saturated carbocycles. The SMILES string of the molecule is C=CCn1ncc(NC2(CO)CCCC2)c(Br)c1=O. The topological polar surface area (TPSA) is 67.2 Å². The largest absolute Gasteiger partial charge is 0.394 e. The average molecular weight is 328 g/mol. The van der Waals surface area contributed by atoms with Crippen molar-refractivity contribution in [3.8, 4) is 0 Å². The number of anilines is 1. The van der Waals surface area contributed by atoms with Crippen molar-refractivity contribution in [1.29, 1.82) is 0 Å². The number of aliphatic hydroxyl groups is 1. The highest BCUT2D eigenvalue weighted by Crippen LogP contribution is 2.33. The zero-order valence-corrected chi connectivity index (χ0v) is 12.3.